The molecule has 1 amide bonds. The number of hydrogen-bond acceptors (Lipinski definition) is 10. The number of phenolic OH excluding ortho intramolecular Hbond substituents is 1. The second-order valence-electron chi connectivity index (χ2n) is 13.1. The summed E-state index contributed by atoms with van der Waals surface area (Å²) in [7, 11) is 0. The van der Waals surface area contributed by atoms with E-state index in [-0.39, 0.29) is 78.9 Å². The monoisotopic (exact) mass is 761 g/mol. The van der Waals surface area contributed by atoms with Crippen LogP contribution >= 0.6 is 0 Å². The quantitative estimate of drug-likeness (QED) is 0.0618. The van der Waals surface area contributed by atoms with E-state index in [4.69, 9.17) is 20.0 Å². The first-order chi connectivity index (χ1) is 27.3. The van der Waals surface area contributed by atoms with Gasteiger partial charge >= 0.3 is 17.9 Å². The van der Waals surface area contributed by atoms with Gasteiger partial charge in [0.1, 0.15) is 28.4 Å². The Balaban J connectivity index is 1.25. The first kappa shape index (κ1) is 35.8. The highest BCUT2D eigenvalue weighted by atomic mass is 16.4. The van der Waals surface area contributed by atoms with Crippen LogP contribution < -0.4 is 21.8 Å². The minimum atomic E-state index is -1.41. The molecule has 14 nitrogen and oxygen atoms in total. The van der Waals surface area contributed by atoms with Gasteiger partial charge in [-0.25, -0.2) is 14.4 Å². The molecular formula is C43H27N3O11. The van der Waals surface area contributed by atoms with Crippen LogP contribution in [-0.2, 0) is 6.54 Å². The van der Waals surface area contributed by atoms with Crippen LogP contribution in [0.2, 0.25) is 0 Å². The van der Waals surface area contributed by atoms with Crippen LogP contribution in [0.5, 0.6) is 5.75 Å². The molecule has 2 aliphatic heterocycles. The van der Waals surface area contributed by atoms with Crippen molar-refractivity contribution < 1.29 is 48.4 Å². The molecule has 0 aromatic heterocycles. The lowest BCUT2D eigenvalue weighted by Crippen LogP contribution is -2.23. The van der Waals surface area contributed by atoms with Gasteiger partial charge in [-0.05, 0) is 90.0 Å². The number of anilines is 1. The third-order valence-electron chi connectivity index (χ3n) is 9.66. The van der Waals surface area contributed by atoms with Gasteiger partial charge in [-0.2, -0.15) is 0 Å². The predicted octanol–water partition coefficient (Wildman–Crippen LogP) is 6.87. The number of carbonyl (C=O) groups excluding carboxylic acids is 1. The molecule has 57 heavy (non-hydrogen) atoms. The van der Waals surface area contributed by atoms with Gasteiger partial charge < -0.3 is 45.7 Å². The van der Waals surface area contributed by atoms with Crippen LogP contribution in [0.3, 0.4) is 0 Å². The molecule has 2 aliphatic carbocycles. The van der Waals surface area contributed by atoms with E-state index in [9.17, 15) is 44.4 Å². The number of carbonyl (C=O) groups is 4. The summed E-state index contributed by atoms with van der Waals surface area (Å²) >= 11 is 0. The lowest BCUT2D eigenvalue weighted by Gasteiger charge is -2.19. The Morgan fingerprint density at radius 3 is 2.04 bits per heavy atom. The largest absolute Gasteiger partial charge is 0.507 e. The third kappa shape index (κ3) is 6.22. The molecule has 0 fully saturated rings. The molecule has 0 spiro atoms. The molecule has 280 valence electrons. The van der Waals surface area contributed by atoms with Crippen molar-refractivity contribution in [1.29, 1.82) is 5.41 Å². The van der Waals surface area contributed by atoms with Gasteiger partial charge in [-0.1, -0.05) is 6.07 Å². The molecule has 0 unspecified atom stereocenters. The van der Waals surface area contributed by atoms with Crippen LogP contribution in [0.15, 0.2) is 117 Å². The second kappa shape index (κ2) is 13.5. The summed E-state index contributed by atoms with van der Waals surface area (Å²) in [5, 5.41) is 52.9. The molecule has 0 atom stereocenters. The van der Waals surface area contributed by atoms with Gasteiger partial charge in [-0.3, -0.25) is 9.59 Å². The maximum Gasteiger partial charge on any atom is 0.336 e. The Bertz CT molecular complexity index is 3110. The number of phenols is 1. The Hall–Kier alpha value is -8.26. The third-order valence-corrected chi connectivity index (χ3v) is 9.66. The zero-order chi connectivity index (χ0) is 40.3. The Kier molecular flexibility index (Phi) is 8.50. The number of rotatable bonds is 8. The van der Waals surface area contributed by atoms with E-state index in [1.165, 1.54) is 72.8 Å². The summed E-state index contributed by atoms with van der Waals surface area (Å²) in [6, 6.07) is 23.9. The van der Waals surface area contributed by atoms with E-state index >= 15 is 0 Å². The summed E-state index contributed by atoms with van der Waals surface area (Å²) in [6.45, 7) is -0.352. The van der Waals surface area contributed by atoms with Crippen molar-refractivity contribution in [3.8, 4) is 50.7 Å². The molecule has 0 saturated carbocycles. The highest BCUT2D eigenvalue weighted by Crippen LogP contribution is 2.45. The van der Waals surface area contributed by atoms with Crippen molar-refractivity contribution in [3.63, 3.8) is 0 Å². The van der Waals surface area contributed by atoms with Gasteiger partial charge in [0.05, 0.1) is 34.2 Å². The predicted molar refractivity (Wildman–Crippen MR) is 207 cm³/mol. The van der Waals surface area contributed by atoms with E-state index in [1.54, 1.807) is 24.3 Å². The zero-order valence-electron chi connectivity index (χ0n) is 29.2. The van der Waals surface area contributed by atoms with Crippen LogP contribution in [0.25, 0.3) is 66.8 Å². The molecular weight excluding hydrogens is 734 g/mol. The van der Waals surface area contributed by atoms with E-state index < -0.39 is 29.2 Å². The van der Waals surface area contributed by atoms with Crippen LogP contribution in [0, 0.1) is 5.41 Å². The van der Waals surface area contributed by atoms with Crippen molar-refractivity contribution in [2.24, 2.45) is 0 Å². The molecule has 2 heterocycles. The summed E-state index contributed by atoms with van der Waals surface area (Å²) < 4.78 is 12.2. The molecule has 0 saturated heterocycles. The van der Waals surface area contributed by atoms with Crippen LogP contribution in [0.1, 0.15) is 47.0 Å². The lowest BCUT2D eigenvalue weighted by atomic mass is 9.89. The summed E-state index contributed by atoms with van der Waals surface area (Å²) in [5.74, 6) is -4.66. The number of fused-ring (bicyclic) bond motifs is 4. The van der Waals surface area contributed by atoms with Crippen molar-refractivity contribution in [1.82, 2.24) is 5.32 Å². The molecule has 4 aliphatic rings. The van der Waals surface area contributed by atoms with Crippen molar-refractivity contribution in [2.45, 2.75) is 6.54 Å². The van der Waals surface area contributed by atoms with Crippen molar-refractivity contribution in [3.05, 3.63) is 147 Å². The van der Waals surface area contributed by atoms with Crippen LogP contribution in [-0.4, -0.2) is 44.2 Å². The van der Waals surface area contributed by atoms with E-state index in [0.717, 1.165) is 6.07 Å². The standard InChI is InChI=1S/C43H27N3O11/c44-21-3-8-26-34(15-21)56-35-16-22(45)4-9-27(35)38(26)30-13-19(1-7-25(30)42(52)53)40(49)46-18-32-33(48)12-11-29-37(28-10-5-23(47)17-36(28)57-39(29)32)24-6-2-20(41(50)51)14-31(24)43(54)55/h1-17,44,48H,18,45H2,(H,46,49)(H,50,51)(H,52,53)(H,54,55). The average molecular weight is 762 g/mol. The van der Waals surface area contributed by atoms with Gasteiger partial charge in [0.25, 0.3) is 5.91 Å². The number of nitrogen functional groups attached to an aromatic ring is 1. The van der Waals surface area contributed by atoms with Crippen LogP contribution in [0.4, 0.5) is 5.69 Å². The highest BCUT2D eigenvalue weighted by molar-refractivity contribution is 6.11. The number of nitrogens with one attached hydrogen (secondary N) is 2. The smallest absolute Gasteiger partial charge is 0.336 e. The Morgan fingerprint density at radius 2 is 1.30 bits per heavy atom. The van der Waals surface area contributed by atoms with Gasteiger partial charge in [0, 0.05) is 62.5 Å². The minimum absolute atomic E-state index is 0.00275. The van der Waals surface area contributed by atoms with Crippen molar-refractivity contribution >= 4 is 51.4 Å². The zero-order valence-corrected chi connectivity index (χ0v) is 29.2. The fourth-order valence-electron chi connectivity index (χ4n) is 7.06. The number of hydrogen-bond donors (Lipinski definition) is 7. The van der Waals surface area contributed by atoms with Crippen molar-refractivity contribution in [2.75, 3.05) is 5.73 Å². The second-order valence-corrected chi connectivity index (χ2v) is 13.1. The van der Waals surface area contributed by atoms with E-state index in [2.05, 4.69) is 5.32 Å². The molecule has 4 aromatic rings. The number of amides is 1. The molecule has 8 rings (SSSR count). The van der Waals surface area contributed by atoms with E-state index in [1.807, 2.05) is 0 Å². The summed E-state index contributed by atoms with van der Waals surface area (Å²) in [4.78, 5) is 63.1. The lowest BCUT2D eigenvalue weighted by molar-refractivity contribution is 0.0682. The Morgan fingerprint density at radius 1 is 0.632 bits per heavy atom. The molecule has 14 heteroatoms. The topological polar surface area (TPSA) is 254 Å². The summed E-state index contributed by atoms with van der Waals surface area (Å²) in [5.41, 5.74) is 7.53. The maximum atomic E-state index is 13.9. The Labute approximate surface area is 319 Å². The van der Waals surface area contributed by atoms with Gasteiger partial charge in [-0.15, -0.1) is 0 Å². The normalized spacial score (nSPS) is 11.3. The fourth-order valence-corrected chi connectivity index (χ4v) is 7.06. The number of nitrogens with two attached hydrogens (primary N) is 1. The average Bonchev–Trinajstić information content (AvgIpc) is 3.17. The SMILES string of the molecule is N=c1ccc2c(-c3cc(C(=O)NCc4c(O)ccc5c(-c6ccc(C(=O)O)cc6C(=O)O)c6ccc(=O)cc-6oc45)ccc3C(=O)O)c3ccc(N)cc3oc-2c1. The number of benzene rings is 6. The van der Waals surface area contributed by atoms with Gasteiger partial charge in [0.15, 0.2) is 5.43 Å². The number of aromatic hydroxyl groups is 1. The first-order valence-corrected chi connectivity index (χ1v) is 17.1. The number of carboxylic acids is 3. The fraction of sp³-hybridized carbons (Fsp3) is 0.0233. The highest BCUT2D eigenvalue weighted by Gasteiger charge is 2.26. The maximum absolute atomic E-state index is 13.9. The number of aromatic carboxylic acids is 3. The number of carboxylic acid groups (broad SMARTS) is 3. The molecule has 0 radical (unpaired) electrons. The van der Waals surface area contributed by atoms with E-state index in [0.29, 0.717) is 39.1 Å². The molecule has 0 bridgehead atoms. The summed E-state index contributed by atoms with van der Waals surface area (Å²) in [6.07, 6.45) is 0. The molecule has 8 N–H and O–H groups in total. The minimum Gasteiger partial charge on any atom is -0.507 e. The van der Waals surface area contributed by atoms with Gasteiger partial charge in [0.2, 0.25) is 0 Å². The first-order valence-electron chi connectivity index (χ1n) is 17.1. The molecule has 4 aromatic carbocycles.